The van der Waals surface area contributed by atoms with Gasteiger partial charge in [0, 0.05) is 16.6 Å². The zero-order chi connectivity index (χ0) is 18.6. The smallest absolute Gasteiger partial charge is 0.131 e. The second-order valence-corrected chi connectivity index (χ2v) is 10.4. The van der Waals surface area contributed by atoms with Crippen molar-refractivity contribution >= 4 is 11.8 Å². The molecule has 1 unspecified atom stereocenters. The number of allylic oxidation sites excluding steroid dienone is 1. The van der Waals surface area contributed by atoms with Crippen LogP contribution in [-0.4, -0.2) is 33.9 Å². The van der Waals surface area contributed by atoms with Gasteiger partial charge < -0.3 is 10.2 Å². The molecule has 0 aliphatic heterocycles. The molecule has 4 aliphatic rings. The standard InChI is InChI=1S/C23H34O2S/c1-4-10-23(25)13-9-19-18-6-5-16-14-17(24)7-12-22(16,15-26-3)20(18)8-11-21(19,23)2/h14,17-20,24-25H,5-9,11-13,15H2,1-3H3/t17?,18-,19-,20-,21-,22+,23-/m0/s1. The minimum atomic E-state index is -0.789. The lowest BCUT2D eigenvalue weighted by Gasteiger charge is -2.59. The highest BCUT2D eigenvalue weighted by Crippen LogP contribution is 2.67. The Labute approximate surface area is 163 Å². The van der Waals surface area contributed by atoms with Crippen LogP contribution in [0.1, 0.15) is 65.2 Å². The SMILES string of the molecule is CC#C[C@]1(O)CC[C@H]2[C@@H]3CCC4=CC(O)CC[C@]4(CSC)[C@H]3CC[C@@]21C. The summed E-state index contributed by atoms with van der Waals surface area (Å²) in [5.41, 5.74) is 1.01. The van der Waals surface area contributed by atoms with Gasteiger partial charge in [-0.05, 0) is 82.3 Å². The molecule has 7 atom stereocenters. The Hall–Kier alpha value is -0.430. The molecule has 4 aliphatic carbocycles. The third kappa shape index (κ3) is 2.48. The zero-order valence-corrected chi connectivity index (χ0v) is 17.4. The van der Waals surface area contributed by atoms with E-state index in [-0.39, 0.29) is 11.5 Å². The van der Waals surface area contributed by atoms with Gasteiger partial charge >= 0.3 is 0 Å². The summed E-state index contributed by atoms with van der Waals surface area (Å²) in [4.78, 5) is 0. The molecule has 0 amide bonds. The van der Waals surface area contributed by atoms with Crippen LogP contribution < -0.4 is 0 Å². The third-order valence-corrected chi connectivity index (χ3v) is 9.50. The number of hydrogen-bond acceptors (Lipinski definition) is 3. The van der Waals surface area contributed by atoms with E-state index in [1.807, 2.05) is 18.7 Å². The molecule has 26 heavy (non-hydrogen) atoms. The average molecular weight is 375 g/mol. The van der Waals surface area contributed by atoms with Crippen LogP contribution in [0.4, 0.5) is 0 Å². The van der Waals surface area contributed by atoms with E-state index in [0.29, 0.717) is 17.3 Å². The van der Waals surface area contributed by atoms with Gasteiger partial charge in [-0.1, -0.05) is 24.5 Å². The molecular weight excluding hydrogens is 340 g/mol. The van der Waals surface area contributed by atoms with Crippen LogP contribution in [0.5, 0.6) is 0 Å². The van der Waals surface area contributed by atoms with Gasteiger partial charge in [-0.25, -0.2) is 0 Å². The van der Waals surface area contributed by atoms with Crippen molar-refractivity contribution in [3.05, 3.63) is 11.6 Å². The molecule has 2 N–H and O–H groups in total. The number of aliphatic hydroxyl groups is 2. The maximum atomic E-state index is 11.3. The molecule has 3 fully saturated rings. The minimum Gasteiger partial charge on any atom is -0.389 e. The van der Waals surface area contributed by atoms with Gasteiger partial charge in [0.15, 0.2) is 0 Å². The van der Waals surface area contributed by atoms with E-state index < -0.39 is 5.60 Å². The van der Waals surface area contributed by atoms with Gasteiger partial charge in [-0.2, -0.15) is 11.8 Å². The van der Waals surface area contributed by atoms with Crippen molar-refractivity contribution in [2.24, 2.45) is 28.6 Å². The Kier molecular flexibility index (Phi) is 4.78. The first-order valence-electron chi connectivity index (χ1n) is 10.4. The van der Waals surface area contributed by atoms with Crippen LogP contribution in [0.25, 0.3) is 0 Å². The number of aliphatic hydroxyl groups excluding tert-OH is 1. The van der Waals surface area contributed by atoms with Crippen LogP contribution in [-0.2, 0) is 0 Å². The number of hydrogen-bond donors (Lipinski definition) is 2. The lowest BCUT2D eigenvalue weighted by Crippen LogP contribution is -2.55. The molecule has 3 heteroatoms. The van der Waals surface area contributed by atoms with Gasteiger partial charge in [0.2, 0.25) is 0 Å². The summed E-state index contributed by atoms with van der Waals surface area (Å²) in [6.07, 6.45) is 12.9. The first-order valence-corrected chi connectivity index (χ1v) is 11.8. The Morgan fingerprint density at radius 3 is 2.65 bits per heavy atom. The monoisotopic (exact) mass is 374 g/mol. The minimum absolute atomic E-state index is 0.0485. The molecule has 0 spiro atoms. The predicted octanol–water partition coefficient (Wildman–Crippen LogP) is 4.41. The van der Waals surface area contributed by atoms with Gasteiger partial charge in [0.1, 0.15) is 5.60 Å². The van der Waals surface area contributed by atoms with E-state index in [1.54, 1.807) is 5.57 Å². The Morgan fingerprint density at radius 1 is 1.15 bits per heavy atom. The highest BCUT2D eigenvalue weighted by molar-refractivity contribution is 7.98. The molecule has 0 aromatic carbocycles. The average Bonchev–Trinajstić information content (AvgIpc) is 2.87. The molecule has 0 saturated heterocycles. The molecule has 0 radical (unpaired) electrons. The number of thioether (sulfide) groups is 1. The predicted molar refractivity (Wildman–Crippen MR) is 109 cm³/mol. The van der Waals surface area contributed by atoms with Crippen LogP contribution >= 0.6 is 11.8 Å². The summed E-state index contributed by atoms with van der Waals surface area (Å²) in [6.45, 7) is 4.18. The zero-order valence-electron chi connectivity index (χ0n) is 16.6. The van der Waals surface area contributed by atoms with Crippen molar-refractivity contribution in [3.8, 4) is 11.8 Å². The number of fused-ring (bicyclic) bond motifs is 5. The Balaban J connectivity index is 1.70. The van der Waals surface area contributed by atoms with E-state index in [9.17, 15) is 10.2 Å². The van der Waals surface area contributed by atoms with Crippen molar-refractivity contribution in [1.29, 1.82) is 0 Å². The molecule has 0 aromatic heterocycles. The van der Waals surface area contributed by atoms with E-state index in [4.69, 9.17) is 0 Å². The molecule has 4 rings (SSSR count). The fraction of sp³-hybridized carbons (Fsp3) is 0.826. The second-order valence-electron chi connectivity index (χ2n) is 9.53. The second kappa shape index (κ2) is 6.57. The molecular formula is C23H34O2S. The van der Waals surface area contributed by atoms with Crippen LogP contribution in [0.2, 0.25) is 0 Å². The first kappa shape index (κ1) is 18.9. The van der Waals surface area contributed by atoms with Crippen molar-refractivity contribution in [1.82, 2.24) is 0 Å². The van der Waals surface area contributed by atoms with E-state index in [1.165, 1.54) is 18.6 Å². The fourth-order valence-electron chi connectivity index (χ4n) is 7.46. The maximum Gasteiger partial charge on any atom is 0.131 e. The van der Waals surface area contributed by atoms with Gasteiger partial charge in [-0.15, -0.1) is 5.92 Å². The normalized spacial score (nSPS) is 50.0. The van der Waals surface area contributed by atoms with Crippen LogP contribution in [0.3, 0.4) is 0 Å². The largest absolute Gasteiger partial charge is 0.389 e. The number of rotatable bonds is 2. The summed E-state index contributed by atoms with van der Waals surface area (Å²) in [5, 5.41) is 21.6. The summed E-state index contributed by atoms with van der Waals surface area (Å²) < 4.78 is 0. The summed E-state index contributed by atoms with van der Waals surface area (Å²) in [5.74, 6) is 9.44. The maximum absolute atomic E-state index is 11.3. The quantitative estimate of drug-likeness (QED) is 0.556. The molecule has 0 bridgehead atoms. The lowest BCUT2D eigenvalue weighted by atomic mass is 9.46. The molecule has 144 valence electrons. The Bertz CT molecular complexity index is 661. The van der Waals surface area contributed by atoms with E-state index in [0.717, 1.165) is 44.4 Å². The summed E-state index contributed by atoms with van der Waals surface area (Å²) in [6, 6.07) is 0. The Morgan fingerprint density at radius 2 is 1.92 bits per heavy atom. The van der Waals surface area contributed by atoms with Gasteiger partial charge in [0.05, 0.1) is 6.10 Å². The first-order chi connectivity index (χ1) is 12.4. The highest BCUT2D eigenvalue weighted by Gasteiger charge is 2.64. The van der Waals surface area contributed by atoms with Crippen molar-refractivity contribution in [3.63, 3.8) is 0 Å². The molecule has 0 aromatic rings. The van der Waals surface area contributed by atoms with Crippen LogP contribution in [0.15, 0.2) is 11.6 Å². The molecule has 2 nitrogen and oxygen atoms in total. The van der Waals surface area contributed by atoms with Crippen molar-refractivity contribution in [2.75, 3.05) is 12.0 Å². The summed E-state index contributed by atoms with van der Waals surface area (Å²) >= 11 is 1.98. The molecule has 3 saturated carbocycles. The highest BCUT2D eigenvalue weighted by atomic mass is 32.2. The third-order valence-electron chi connectivity index (χ3n) is 8.70. The lowest BCUT2D eigenvalue weighted by molar-refractivity contribution is -0.100. The van der Waals surface area contributed by atoms with Crippen molar-refractivity contribution < 1.29 is 10.2 Å². The van der Waals surface area contributed by atoms with E-state index in [2.05, 4.69) is 31.1 Å². The van der Waals surface area contributed by atoms with Crippen molar-refractivity contribution in [2.45, 2.75) is 76.9 Å². The molecule has 0 heterocycles. The van der Waals surface area contributed by atoms with E-state index >= 15 is 0 Å². The topological polar surface area (TPSA) is 40.5 Å². The summed E-state index contributed by atoms with van der Waals surface area (Å²) in [7, 11) is 0. The van der Waals surface area contributed by atoms with Gasteiger partial charge in [0.25, 0.3) is 0 Å². The van der Waals surface area contributed by atoms with Gasteiger partial charge in [-0.3, -0.25) is 0 Å². The van der Waals surface area contributed by atoms with Crippen LogP contribution in [0, 0.1) is 40.4 Å². The fourth-order valence-corrected chi connectivity index (χ4v) is 8.52.